The van der Waals surface area contributed by atoms with Crippen molar-refractivity contribution in [3.63, 3.8) is 0 Å². The van der Waals surface area contributed by atoms with Gasteiger partial charge < -0.3 is 10.3 Å². The lowest BCUT2D eigenvalue weighted by molar-refractivity contribution is 0.0947. The fraction of sp³-hybridized carbons (Fsp3) is 0.333. The molecule has 0 atom stereocenters. The van der Waals surface area contributed by atoms with Crippen molar-refractivity contribution in [3.8, 4) is 0 Å². The van der Waals surface area contributed by atoms with Crippen LogP contribution in [0.25, 0.3) is 11.2 Å². The maximum Gasteiger partial charge on any atom is 0.272 e. The number of nitrogens with zero attached hydrogens (tertiary/aromatic N) is 3. The summed E-state index contributed by atoms with van der Waals surface area (Å²) in [5, 5.41) is 2.77. The van der Waals surface area contributed by atoms with E-state index in [-0.39, 0.29) is 24.0 Å². The number of fused-ring (bicyclic) bond motifs is 1. The van der Waals surface area contributed by atoms with Crippen LogP contribution in [0.15, 0.2) is 30.6 Å². The third-order valence-electron chi connectivity index (χ3n) is 4.61. The topological polar surface area (TPSA) is 83.6 Å². The van der Waals surface area contributed by atoms with Crippen molar-refractivity contribution in [3.05, 3.63) is 53.5 Å². The number of H-pyrrole nitrogens is 1. The quantitative estimate of drug-likeness (QED) is 0.765. The first-order chi connectivity index (χ1) is 12.2. The molecule has 3 aromatic rings. The molecule has 25 heavy (non-hydrogen) atoms. The Morgan fingerprint density at radius 3 is 2.92 bits per heavy atom. The van der Waals surface area contributed by atoms with Crippen LogP contribution in [0.5, 0.6) is 0 Å². The Kier molecular flexibility index (Phi) is 4.13. The van der Waals surface area contributed by atoms with E-state index in [4.69, 9.17) is 0 Å². The first kappa shape index (κ1) is 15.7. The zero-order valence-corrected chi connectivity index (χ0v) is 13.6. The molecular weight excluding hydrogens is 321 g/mol. The van der Waals surface area contributed by atoms with E-state index in [0.717, 1.165) is 18.7 Å². The van der Waals surface area contributed by atoms with Crippen LogP contribution in [0.2, 0.25) is 0 Å². The highest BCUT2D eigenvalue weighted by Crippen LogP contribution is 2.33. The molecule has 0 unspecified atom stereocenters. The number of benzene rings is 1. The average molecular weight is 339 g/mol. The van der Waals surface area contributed by atoms with E-state index in [0.29, 0.717) is 22.6 Å². The second-order valence-electron chi connectivity index (χ2n) is 6.34. The first-order valence-corrected chi connectivity index (χ1v) is 8.44. The molecule has 1 fully saturated rings. The number of nitrogens with one attached hydrogen (secondary N) is 2. The molecule has 128 valence electrons. The number of halogens is 1. The molecule has 0 saturated heterocycles. The first-order valence-electron chi connectivity index (χ1n) is 8.44. The third kappa shape index (κ3) is 3.22. The number of carbonyl (C=O) groups excluding carboxylic acids is 1. The largest absolute Gasteiger partial charge is 0.347 e. The molecule has 2 N–H and O–H groups in total. The molecule has 1 saturated carbocycles. The van der Waals surface area contributed by atoms with Crippen molar-refractivity contribution in [2.24, 2.45) is 0 Å². The van der Waals surface area contributed by atoms with Gasteiger partial charge in [-0.25, -0.2) is 19.3 Å². The van der Waals surface area contributed by atoms with E-state index in [1.54, 1.807) is 12.1 Å². The molecule has 1 aromatic carbocycles. The van der Waals surface area contributed by atoms with Crippen LogP contribution < -0.4 is 5.32 Å². The Bertz CT molecular complexity index is 917. The molecule has 0 aliphatic heterocycles. The molecule has 4 rings (SSSR count). The summed E-state index contributed by atoms with van der Waals surface area (Å²) < 4.78 is 13.2. The third-order valence-corrected chi connectivity index (χ3v) is 4.61. The van der Waals surface area contributed by atoms with Gasteiger partial charge in [-0.1, -0.05) is 25.0 Å². The number of carbonyl (C=O) groups is 1. The van der Waals surface area contributed by atoms with Gasteiger partial charge in [0.1, 0.15) is 23.5 Å². The van der Waals surface area contributed by atoms with Crippen LogP contribution in [0.3, 0.4) is 0 Å². The molecule has 1 aliphatic carbocycles. The molecule has 6 nitrogen and oxygen atoms in total. The number of amides is 1. The van der Waals surface area contributed by atoms with Crippen LogP contribution >= 0.6 is 0 Å². The maximum absolute atomic E-state index is 13.2. The van der Waals surface area contributed by atoms with Gasteiger partial charge in [0, 0.05) is 12.5 Å². The number of hydrogen-bond acceptors (Lipinski definition) is 4. The van der Waals surface area contributed by atoms with Crippen molar-refractivity contribution in [2.45, 2.75) is 38.1 Å². The van der Waals surface area contributed by atoms with Gasteiger partial charge in [0.2, 0.25) is 0 Å². The summed E-state index contributed by atoms with van der Waals surface area (Å²) in [7, 11) is 0. The van der Waals surface area contributed by atoms with E-state index >= 15 is 0 Å². The Balaban J connectivity index is 1.56. The Morgan fingerprint density at radius 2 is 2.12 bits per heavy atom. The highest BCUT2D eigenvalue weighted by molar-refractivity contribution is 6.02. The number of rotatable bonds is 4. The molecule has 0 bridgehead atoms. The zero-order chi connectivity index (χ0) is 17.2. The fourth-order valence-corrected chi connectivity index (χ4v) is 3.32. The second-order valence-corrected chi connectivity index (χ2v) is 6.34. The van der Waals surface area contributed by atoms with Gasteiger partial charge in [0.15, 0.2) is 11.3 Å². The predicted molar refractivity (Wildman–Crippen MR) is 90.5 cm³/mol. The van der Waals surface area contributed by atoms with Crippen molar-refractivity contribution >= 4 is 17.1 Å². The van der Waals surface area contributed by atoms with Crippen LogP contribution in [0.4, 0.5) is 4.39 Å². The predicted octanol–water partition coefficient (Wildman–Crippen LogP) is 3.08. The van der Waals surface area contributed by atoms with Gasteiger partial charge in [-0.3, -0.25) is 4.79 Å². The van der Waals surface area contributed by atoms with Crippen molar-refractivity contribution in [2.75, 3.05) is 0 Å². The van der Waals surface area contributed by atoms with E-state index in [9.17, 15) is 9.18 Å². The fourth-order valence-electron chi connectivity index (χ4n) is 3.32. The number of aromatic amines is 1. The van der Waals surface area contributed by atoms with Crippen molar-refractivity contribution in [1.29, 1.82) is 0 Å². The summed E-state index contributed by atoms with van der Waals surface area (Å²) in [5.41, 5.74) is 2.02. The monoisotopic (exact) mass is 339 g/mol. The molecule has 0 spiro atoms. The summed E-state index contributed by atoms with van der Waals surface area (Å²) in [6.07, 6.45) is 5.96. The summed E-state index contributed by atoms with van der Waals surface area (Å²) in [4.78, 5) is 28.5. The summed E-state index contributed by atoms with van der Waals surface area (Å²) in [5.74, 6) is 0.619. The standard InChI is InChI=1S/C18H18FN5O/c19-13-7-3-4-11(8-13)9-20-18(25)15-14-17(22-10-21-15)24-16(23-14)12-5-1-2-6-12/h3-4,7-8,10,12H,1-2,5-6,9H2,(H,20,25)(H,21,22,23,24). The highest BCUT2D eigenvalue weighted by atomic mass is 19.1. The van der Waals surface area contributed by atoms with Crippen LogP contribution in [0, 0.1) is 5.82 Å². The van der Waals surface area contributed by atoms with Crippen LogP contribution in [-0.4, -0.2) is 25.8 Å². The summed E-state index contributed by atoms with van der Waals surface area (Å²) in [6.45, 7) is 0.228. The van der Waals surface area contributed by atoms with Crippen LogP contribution in [-0.2, 0) is 6.54 Å². The molecule has 1 amide bonds. The minimum absolute atomic E-state index is 0.228. The second kappa shape index (κ2) is 6.58. The van der Waals surface area contributed by atoms with Gasteiger partial charge in [-0.2, -0.15) is 0 Å². The minimum atomic E-state index is -0.335. The van der Waals surface area contributed by atoms with E-state index in [1.807, 2.05) is 0 Å². The molecule has 1 aliphatic rings. The SMILES string of the molecule is O=C(NCc1cccc(F)c1)c1ncnc2nc(C3CCCC3)[nH]c12. The lowest BCUT2D eigenvalue weighted by Crippen LogP contribution is -2.24. The number of hydrogen-bond donors (Lipinski definition) is 2. The van der Waals surface area contributed by atoms with Gasteiger partial charge in [-0.15, -0.1) is 0 Å². The van der Waals surface area contributed by atoms with Crippen LogP contribution in [0.1, 0.15) is 53.5 Å². The van der Waals surface area contributed by atoms with Crippen molar-refractivity contribution in [1.82, 2.24) is 25.3 Å². The molecule has 2 heterocycles. The summed E-state index contributed by atoms with van der Waals surface area (Å²) >= 11 is 0. The number of imidazole rings is 1. The zero-order valence-electron chi connectivity index (χ0n) is 13.6. The Morgan fingerprint density at radius 1 is 1.28 bits per heavy atom. The molecule has 7 heteroatoms. The Labute approximate surface area is 143 Å². The molecule has 0 radical (unpaired) electrons. The summed E-state index contributed by atoms with van der Waals surface area (Å²) in [6, 6.07) is 6.13. The number of aromatic nitrogens is 4. The molecule has 2 aromatic heterocycles. The van der Waals surface area contributed by atoms with Gasteiger partial charge in [-0.05, 0) is 30.5 Å². The van der Waals surface area contributed by atoms with Gasteiger partial charge in [0.05, 0.1) is 0 Å². The minimum Gasteiger partial charge on any atom is -0.347 e. The van der Waals surface area contributed by atoms with Gasteiger partial charge >= 0.3 is 0 Å². The van der Waals surface area contributed by atoms with Gasteiger partial charge in [0.25, 0.3) is 5.91 Å². The van der Waals surface area contributed by atoms with E-state index < -0.39 is 0 Å². The maximum atomic E-state index is 13.2. The average Bonchev–Trinajstić information content (AvgIpc) is 3.28. The smallest absolute Gasteiger partial charge is 0.272 e. The van der Waals surface area contributed by atoms with Crippen molar-refractivity contribution < 1.29 is 9.18 Å². The Hall–Kier alpha value is -2.83. The van der Waals surface area contributed by atoms with E-state index in [2.05, 4.69) is 25.3 Å². The van der Waals surface area contributed by atoms with E-state index in [1.165, 1.54) is 31.3 Å². The lowest BCUT2D eigenvalue weighted by Gasteiger charge is -2.05. The highest BCUT2D eigenvalue weighted by Gasteiger charge is 2.23. The molecular formula is C18H18FN5O. The lowest BCUT2D eigenvalue weighted by atomic mass is 10.1. The normalized spacial score (nSPS) is 14.9.